The minimum atomic E-state index is -0.319. The highest BCUT2D eigenvalue weighted by atomic mass is 16.2. The van der Waals surface area contributed by atoms with Crippen molar-refractivity contribution < 1.29 is 4.79 Å². The third kappa shape index (κ3) is 4.68. The summed E-state index contributed by atoms with van der Waals surface area (Å²) in [6, 6.07) is 0.346. The molecule has 2 unspecified atom stereocenters. The molecule has 2 fully saturated rings. The summed E-state index contributed by atoms with van der Waals surface area (Å²) in [5.74, 6) is 0.915. The minimum absolute atomic E-state index is 0.0000522. The number of hydrogen-bond donors (Lipinski definition) is 2. The molecule has 122 valence electrons. The minimum Gasteiger partial charge on any atom is -0.353 e. The molecule has 1 amide bonds. The predicted octanol–water partition coefficient (Wildman–Crippen LogP) is 2.13. The Hall–Kier alpha value is -0.610. The SMILES string of the molecule is CC(C)CN1CCC(NC(=O)C2CCCCC2(C)N)CC1. The molecule has 3 N–H and O–H groups in total. The van der Waals surface area contributed by atoms with Crippen LogP contribution in [0, 0.1) is 11.8 Å². The summed E-state index contributed by atoms with van der Waals surface area (Å²) in [5.41, 5.74) is 6.02. The average molecular weight is 295 g/mol. The first kappa shape index (κ1) is 16.8. The fourth-order valence-electron chi connectivity index (χ4n) is 3.87. The van der Waals surface area contributed by atoms with E-state index < -0.39 is 0 Å². The lowest BCUT2D eigenvalue weighted by Gasteiger charge is -2.39. The molecule has 2 atom stereocenters. The van der Waals surface area contributed by atoms with E-state index in [1.54, 1.807) is 0 Å². The molecule has 0 aromatic heterocycles. The van der Waals surface area contributed by atoms with Gasteiger partial charge in [0.25, 0.3) is 0 Å². The highest BCUT2D eigenvalue weighted by Gasteiger charge is 2.38. The zero-order valence-corrected chi connectivity index (χ0v) is 14.0. The van der Waals surface area contributed by atoms with Crippen LogP contribution >= 0.6 is 0 Å². The van der Waals surface area contributed by atoms with Crippen LogP contribution in [0.2, 0.25) is 0 Å². The van der Waals surface area contributed by atoms with Crippen molar-refractivity contribution in [2.24, 2.45) is 17.6 Å². The number of carbonyl (C=O) groups excluding carboxylic acids is 1. The second kappa shape index (κ2) is 7.10. The molecule has 0 radical (unpaired) electrons. The molecule has 0 bridgehead atoms. The predicted molar refractivity (Wildman–Crippen MR) is 87.0 cm³/mol. The lowest BCUT2D eigenvalue weighted by atomic mass is 9.74. The quantitative estimate of drug-likeness (QED) is 0.835. The number of amides is 1. The van der Waals surface area contributed by atoms with Crippen LogP contribution in [0.4, 0.5) is 0 Å². The molecular formula is C17H33N3O. The maximum atomic E-state index is 12.5. The molecule has 21 heavy (non-hydrogen) atoms. The third-order valence-corrected chi connectivity index (χ3v) is 5.13. The van der Waals surface area contributed by atoms with Gasteiger partial charge in [-0.15, -0.1) is 0 Å². The Morgan fingerprint density at radius 1 is 1.29 bits per heavy atom. The van der Waals surface area contributed by atoms with Gasteiger partial charge in [0.1, 0.15) is 0 Å². The summed E-state index contributed by atoms with van der Waals surface area (Å²) in [6.45, 7) is 9.95. The van der Waals surface area contributed by atoms with Gasteiger partial charge in [0.15, 0.2) is 0 Å². The van der Waals surface area contributed by atoms with Gasteiger partial charge in [-0.25, -0.2) is 0 Å². The lowest BCUT2D eigenvalue weighted by molar-refractivity contribution is -0.129. The van der Waals surface area contributed by atoms with E-state index in [1.807, 2.05) is 6.92 Å². The summed E-state index contributed by atoms with van der Waals surface area (Å²) in [6.07, 6.45) is 6.37. The Morgan fingerprint density at radius 2 is 1.95 bits per heavy atom. The first-order chi connectivity index (χ1) is 9.88. The average Bonchev–Trinajstić information content (AvgIpc) is 2.39. The molecule has 1 saturated carbocycles. The van der Waals surface area contributed by atoms with Crippen molar-refractivity contribution in [2.45, 2.75) is 70.9 Å². The van der Waals surface area contributed by atoms with Crippen molar-refractivity contribution in [2.75, 3.05) is 19.6 Å². The van der Waals surface area contributed by atoms with Crippen molar-refractivity contribution >= 4 is 5.91 Å². The maximum Gasteiger partial charge on any atom is 0.225 e. The van der Waals surface area contributed by atoms with E-state index in [0.717, 1.165) is 57.5 Å². The Balaban J connectivity index is 1.79. The van der Waals surface area contributed by atoms with Crippen LogP contribution in [0.5, 0.6) is 0 Å². The highest BCUT2D eigenvalue weighted by Crippen LogP contribution is 2.32. The number of carbonyl (C=O) groups is 1. The molecule has 1 aliphatic carbocycles. The van der Waals surface area contributed by atoms with E-state index in [-0.39, 0.29) is 17.4 Å². The van der Waals surface area contributed by atoms with Crippen LogP contribution < -0.4 is 11.1 Å². The smallest absolute Gasteiger partial charge is 0.225 e. The Bertz CT molecular complexity index is 346. The van der Waals surface area contributed by atoms with Gasteiger partial charge >= 0.3 is 0 Å². The monoisotopic (exact) mass is 295 g/mol. The van der Waals surface area contributed by atoms with Gasteiger partial charge in [-0.2, -0.15) is 0 Å². The highest BCUT2D eigenvalue weighted by molar-refractivity contribution is 5.80. The zero-order valence-electron chi connectivity index (χ0n) is 14.0. The van der Waals surface area contributed by atoms with E-state index >= 15 is 0 Å². The summed E-state index contributed by atoms with van der Waals surface area (Å²) < 4.78 is 0. The van der Waals surface area contributed by atoms with Crippen LogP contribution in [0.15, 0.2) is 0 Å². The summed E-state index contributed by atoms with van der Waals surface area (Å²) in [7, 11) is 0. The number of piperidine rings is 1. The number of likely N-dealkylation sites (tertiary alicyclic amines) is 1. The molecule has 1 heterocycles. The summed E-state index contributed by atoms with van der Waals surface area (Å²) in [4.78, 5) is 15.1. The Morgan fingerprint density at radius 3 is 2.52 bits per heavy atom. The van der Waals surface area contributed by atoms with Gasteiger partial charge in [0.05, 0.1) is 5.92 Å². The van der Waals surface area contributed by atoms with Crippen LogP contribution in [0.25, 0.3) is 0 Å². The molecule has 1 aliphatic heterocycles. The first-order valence-corrected chi connectivity index (χ1v) is 8.70. The largest absolute Gasteiger partial charge is 0.353 e. The van der Waals surface area contributed by atoms with Crippen LogP contribution in [-0.2, 0) is 4.79 Å². The number of rotatable bonds is 4. The van der Waals surface area contributed by atoms with Gasteiger partial charge in [0.2, 0.25) is 5.91 Å². The standard InChI is InChI=1S/C17H33N3O/c1-13(2)12-20-10-7-14(8-11-20)19-16(21)15-6-4-5-9-17(15,3)18/h13-15H,4-12,18H2,1-3H3,(H,19,21). The van der Waals surface area contributed by atoms with Crippen LogP contribution in [0.1, 0.15) is 59.3 Å². The fraction of sp³-hybridized carbons (Fsp3) is 0.941. The van der Waals surface area contributed by atoms with Crippen molar-refractivity contribution in [3.05, 3.63) is 0 Å². The number of hydrogen-bond acceptors (Lipinski definition) is 3. The molecule has 0 aromatic carbocycles. The molecule has 2 rings (SSSR count). The lowest BCUT2D eigenvalue weighted by Crippen LogP contribution is -2.55. The van der Waals surface area contributed by atoms with Crippen LogP contribution in [-0.4, -0.2) is 42.0 Å². The molecule has 1 saturated heterocycles. The van der Waals surface area contributed by atoms with Crippen molar-refractivity contribution in [3.63, 3.8) is 0 Å². The molecule has 4 heteroatoms. The maximum absolute atomic E-state index is 12.5. The Kier molecular flexibility index (Phi) is 5.67. The third-order valence-electron chi connectivity index (χ3n) is 5.13. The number of nitrogens with zero attached hydrogens (tertiary/aromatic N) is 1. The zero-order chi connectivity index (χ0) is 15.5. The van der Waals surface area contributed by atoms with Gasteiger partial charge in [-0.05, 0) is 38.5 Å². The fourth-order valence-corrected chi connectivity index (χ4v) is 3.87. The van der Waals surface area contributed by atoms with E-state index in [1.165, 1.54) is 6.54 Å². The second-order valence-corrected chi connectivity index (χ2v) is 7.78. The summed E-state index contributed by atoms with van der Waals surface area (Å²) in [5, 5.41) is 3.27. The van der Waals surface area contributed by atoms with Gasteiger partial charge in [0, 0.05) is 31.2 Å². The summed E-state index contributed by atoms with van der Waals surface area (Å²) >= 11 is 0. The molecule has 0 spiro atoms. The van der Waals surface area contributed by atoms with E-state index in [2.05, 4.69) is 24.1 Å². The molecular weight excluding hydrogens is 262 g/mol. The van der Waals surface area contributed by atoms with Crippen molar-refractivity contribution in [1.82, 2.24) is 10.2 Å². The molecule has 0 aromatic rings. The first-order valence-electron chi connectivity index (χ1n) is 8.70. The second-order valence-electron chi connectivity index (χ2n) is 7.78. The number of nitrogens with one attached hydrogen (secondary N) is 1. The van der Waals surface area contributed by atoms with Crippen LogP contribution in [0.3, 0.4) is 0 Å². The van der Waals surface area contributed by atoms with Gasteiger partial charge in [-0.1, -0.05) is 26.7 Å². The molecule has 2 aliphatic rings. The topological polar surface area (TPSA) is 58.4 Å². The van der Waals surface area contributed by atoms with E-state index in [0.29, 0.717) is 6.04 Å². The van der Waals surface area contributed by atoms with Gasteiger partial charge in [-0.3, -0.25) is 4.79 Å². The van der Waals surface area contributed by atoms with E-state index in [9.17, 15) is 4.79 Å². The normalized spacial score (nSPS) is 32.3. The van der Waals surface area contributed by atoms with Crippen molar-refractivity contribution in [1.29, 1.82) is 0 Å². The van der Waals surface area contributed by atoms with Gasteiger partial charge < -0.3 is 16.0 Å². The molecule has 4 nitrogen and oxygen atoms in total. The van der Waals surface area contributed by atoms with Crippen molar-refractivity contribution in [3.8, 4) is 0 Å². The number of nitrogens with two attached hydrogens (primary N) is 1. The van der Waals surface area contributed by atoms with E-state index in [4.69, 9.17) is 5.73 Å². The Labute approximate surface area is 129 Å².